The standard InChI is InChI=1S/C27H35FN4O2/c1-17-12-25(13-18(2)22(17)34-3)14-20-8-7-19(15-29)11-21(20)27(25)23(33)32(24(30)31-27)16-26(28)9-5-4-6-10-26/h7-8,11,17-18,22H,4-6,9-10,12-14,16H2,1-3H3,(H2,30,31)/t17-,18+,22+,25+,27-/m1/s1. The van der Waals surface area contributed by atoms with Gasteiger partial charge in [-0.05, 0) is 67.2 Å². The molecule has 2 fully saturated rings. The van der Waals surface area contributed by atoms with Gasteiger partial charge in [0.05, 0.1) is 24.3 Å². The molecule has 1 aromatic carbocycles. The summed E-state index contributed by atoms with van der Waals surface area (Å²) in [6.45, 7) is 4.30. The van der Waals surface area contributed by atoms with E-state index >= 15 is 4.39 Å². The van der Waals surface area contributed by atoms with Crippen molar-refractivity contribution in [3.05, 3.63) is 34.9 Å². The van der Waals surface area contributed by atoms with Crippen LogP contribution in [0.2, 0.25) is 0 Å². The number of halogens is 1. The highest BCUT2D eigenvalue weighted by Crippen LogP contribution is 2.63. The molecule has 1 heterocycles. The van der Waals surface area contributed by atoms with E-state index in [0.29, 0.717) is 24.8 Å². The van der Waals surface area contributed by atoms with Crippen molar-refractivity contribution < 1.29 is 13.9 Å². The lowest BCUT2D eigenvalue weighted by Crippen LogP contribution is -2.56. The van der Waals surface area contributed by atoms with Crippen molar-refractivity contribution in [3.63, 3.8) is 0 Å². The number of amides is 1. The summed E-state index contributed by atoms with van der Waals surface area (Å²) in [6.07, 6.45) is 5.87. The van der Waals surface area contributed by atoms with Crippen LogP contribution in [0.25, 0.3) is 0 Å². The number of hydrogen-bond donors (Lipinski definition) is 1. The monoisotopic (exact) mass is 466 g/mol. The largest absolute Gasteiger partial charge is 0.381 e. The fourth-order valence-corrected chi connectivity index (χ4v) is 7.81. The molecule has 0 unspecified atom stereocenters. The first kappa shape index (κ1) is 23.3. The minimum absolute atomic E-state index is 0.0436. The predicted octanol–water partition coefficient (Wildman–Crippen LogP) is 4.21. The first-order valence-electron chi connectivity index (χ1n) is 12.6. The molecule has 6 nitrogen and oxygen atoms in total. The zero-order valence-electron chi connectivity index (χ0n) is 20.4. The van der Waals surface area contributed by atoms with Crippen LogP contribution in [0.1, 0.15) is 75.5 Å². The van der Waals surface area contributed by atoms with Gasteiger partial charge in [-0.2, -0.15) is 5.26 Å². The molecule has 1 amide bonds. The zero-order valence-corrected chi connectivity index (χ0v) is 20.4. The van der Waals surface area contributed by atoms with Crippen LogP contribution in [0.4, 0.5) is 4.39 Å². The van der Waals surface area contributed by atoms with Gasteiger partial charge in [0.15, 0.2) is 11.5 Å². The number of nitrogens with zero attached hydrogens (tertiary/aromatic N) is 3. The Bertz CT molecular complexity index is 1060. The maximum absolute atomic E-state index is 15.8. The van der Waals surface area contributed by atoms with Crippen molar-refractivity contribution in [2.75, 3.05) is 13.7 Å². The predicted molar refractivity (Wildman–Crippen MR) is 128 cm³/mol. The minimum atomic E-state index is -1.43. The Morgan fingerprint density at radius 1 is 1.24 bits per heavy atom. The zero-order chi connectivity index (χ0) is 24.3. The van der Waals surface area contributed by atoms with E-state index in [1.807, 2.05) is 18.2 Å². The van der Waals surface area contributed by atoms with Crippen LogP contribution in [0.5, 0.6) is 0 Å². The van der Waals surface area contributed by atoms with Crippen LogP contribution in [0.3, 0.4) is 0 Å². The van der Waals surface area contributed by atoms with Gasteiger partial charge in [0.25, 0.3) is 5.91 Å². The number of guanidine groups is 1. The first-order chi connectivity index (χ1) is 16.2. The number of aliphatic imine (C=N–C) groups is 1. The summed E-state index contributed by atoms with van der Waals surface area (Å²) >= 11 is 0. The average molecular weight is 467 g/mol. The highest BCUT2D eigenvalue weighted by atomic mass is 19.1. The van der Waals surface area contributed by atoms with Crippen LogP contribution in [0, 0.1) is 28.6 Å². The lowest BCUT2D eigenvalue weighted by atomic mass is 9.56. The van der Waals surface area contributed by atoms with E-state index in [0.717, 1.165) is 43.2 Å². The lowest BCUT2D eigenvalue weighted by Gasteiger charge is -2.50. The lowest BCUT2D eigenvalue weighted by molar-refractivity contribution is -0.143. The van der Waals surface area contributed by atoms with Gasteiger partial charge >= 0.3 is 0 Å². The smallest absolute Gasteiger partial charge is 0.262 e. The summed E-state index contributed by atoms with van der Waals surface area (Å²) in [7, 11) is 1.75. The molecule has 7 heteroatoms. The second-order valence-electron chi connectivity index (χ2n) is 11.3. The molecule has 0 aromatic heterocycles. The van der Waals surface area contributed by atoms with Gasteiger partial charge in [0.1, 0.15) is 5.67 Å². The van der Waals surface area contributed by atoms with E-state index in [1.165, 1.54) is 4.90 Å². The van der Waals surface area contributed by atoms with E-state index in [4.69, 9.17) is 15.5 Å². The van der Waals surface area contributed by atoms with Crippen molar-refractivity contribution >= 4 is 11.9 Å². The SMILES string of the molecule is CO[C@H]1[C@H](C)C[C@@]2(Cc3ccc(C#N)cc3[C@]23N=C(N)N(CC2(F)CCCCC2)C3=O)C[C@@H]1C. The molecule has 0 bridgehead atoms. The van der Waals surface area contributed by atoms with E-state index in [2.05, 4.69) is 19.9 Å². The Balaban J connectivity index is 1.62. The Morgan fingerprint density at radius 3 is 2.53 bits per heavy atom. The number of nitrogens with two attached hydrogens (primary N) is 1. The summed E-state index contributed by atoms with van der Waals surface area (Å²) in [5, 5.41) is 9.60. The second-order valence-corrected chi connectivity index (χ2v) is 11.3. The number of methoxy groups -OCH3 is 1. The number of carbonyl (C=O) groups is 1. The molecule has 2 saturated carbocycles. The molecule has 2 N–H and O–H groups in total. The molecule has 0 saturated heterocycles. The number of alkyl halides is 1. The van der Waals surface area contributed by atoms with E-state index in [1.54, 1.807) is 7.11 Å². The van der Waals surface area contributed by atoms with Crippen LogP contribution in [-0.4, -0.2) is 42.2 Å². The number of fused-ring (bicyclic) bond motifs is 3. The summed E-state index contributed by atoms with van der Waals surface area (Å²) in [5.74, 6) is 0.326. The number of ether oxygens (including phenoxy) is 1. The van der Waals surface area contributed by atoms with E-state index in [9.17, 15) is 10.1 Å². The minimum Gasteiger partial charge on any atom is -0.381 e. The van der Waals surface area contributed by atoms with Crippen molar-refractivity contribution in [1.82, 2.24) is 4.90 Å². The third-order valence-corrected chi connectivity index (χ3v) is 9.05. The van der Waals surface area contributed by atoms with Crippen molar-refractivity contribution in [3.8, 4) is 6.07 Å². The number of rotatable bonds is 3. The third-order valence-electron chi connectivity index (χ3n) is 9.05. The molecular formula is C27H35FN4O2. The van der Waals surface area contributed by atoms with Crippen molar-refractivity contribution in [2.24, 2.45) is 28.0 Å². The number of hydrogen-bond acceptors (Lipinski definition) is 5. The van der Waals surface area contributed by atoms with Crippen LogP contribution in [-0.2, 0) is 21.5 Å². The van der Waals surface area contributed by atoms with Gasteiger partial charge in [-0.15, -0.1) is 0 Å². The summed E-state index contributed by atoms with van der Waals surface area (Å²) < 4.78 is 21.6. The molecule has 2 spiro atoms. The maximum atomic E-state index is 15.8. The maximum Gasteiger partial charge on any atom is 0.262 e. The van der Waals surface area contributed by atoms with Gasteiger partial charge in [0, 0.05) is 12.5 Å². The van der Waals surface area contributed by atoms with Gasteiger partial charge in [-0.25, -0.2) is 9.38 Å². The summed E-state index contributed by atoms with van der Waals surface area (Å²) in [4.78, 5) is 20.8. The quantitative estimate of drug-likeness (QED) is 0.722. The molecular weight excluding hydrogens is 431 g/mol. The molecule has 0 radical (unpaired) electrons. The fraction of sp³-hybridized carbons (Fsp3) is 0.667. The Labute approximate surface area is 201 Å². The normalized spacial score (nSPS) is 36.6. The molecule has 1 aliphatic heterocycles. The third kappa shape index (κ3) is 3.21. The molecule has 34 heavy (non-hydrogen) atoms. The molecule has 1 aromatic rings. The summed E-state index contributed by atoms with van der Waals surface area (Å²) in [5.41, 5.74) is 5.61. The highest BCUT2D eigenvalue weighted by Gasteiger charge is 2.68. The number of benzene rings is 1. The molecule has 5 rings (SSSR count). The van der Waals surface area contributed by atoms with Crippen LogP contribution in [0.15, 0.2) is 23.2 Å². The van der Waals surface area contributed by atoms with E-state index < -0.39 is 16.6 Å². The Morgan fingerprint density at radius 2 is 1.91 bits per heavy atom. The van der Waals surface area contributed by atoms with Gasteiger partial charge in [0.2, 0.25) is 0 Å². The summed E-state index contributed by atoms with van der Waals surface area (Å²) in [6, 6.07) is 7.79. The molecule has 3 aliphatic carbocycles. The number of nitriles is 1. The van der Waals surface area contributed by atoms with Gasteiger partial charge in [-0.1, -0.05) is 39.2 Å². The fourth-order valence-electron chi connectivity index (χ4n) is 7.81. The Hall–Kier alpha value is -2.46. The van der Waals surface area contributed by atoms with Gasteiger partial charge < -0.3 is 10.5 Å². The molecule has 4 aliphatic rings. The van der Waals surface area contributed by atoms with Crippen molar-refractivity contribution in [2.45, 2.75) is 82.5 Å². The van der Waals surface area contributed by atoms with Gasteiger partial charge in [-0.3, -0.25) is 9.69 Å². The average Bonchev–Trinajstić information content (AvgIpc) is 3.19. The topological polar surface area (TPSA) is 91.7 Å². The van der Waals surface area contributed by atoms with Crippen LogP contribution < -0.4 is 5.73 Å². The molecule has 5 atom stereocenters. The number of carbonyl (C=O) groups excluding carboxylic acids is 1. The van der Waals surface area contributed by atoms with Crippen molar-refractivity contribution in [1.29, 1.82) is 5.26 Å². The Kier molecular flexibility index (Phi) is 5.51. The first-order valence-corrected chi connectivity index (χ1v) is 12.6. The van der Waals surface area contributed by atoms with E-state index in [-0.39, 0.29) is 36.4 Å². The molecule has 182 valence electrons. The highest BCUT2D eigenvalue weighted by molar-refractivity contribution is 6.08. The van der Waals surface area contributed by atoms with Crippen LogP contribution >= 0.6 is 0 Å². The second kappa shape index (κ2) is 8.05.